The second-order valence-corrected chi connectivity index (χ2v) is 5.07. The molecule has 20 heavy (non-hydrogen) atoms. The number of hydrogen-bond acceptors (Lipinski definition) is 3. The van der Waals surface area contributed by atoms with Crippen LogP contribution >= 0.6 is 0 Å². The zero-order chi connectivity index (χ0) is 14.7. The number of para-hydroxylation sites is 1. The van der Waals surface area contributed by atoms with E-state index in [9.17, 15) is 9.59 Å². The molecule has 1 fully saturated rings. The summed E-state index contributed by atoms with van der Waals surface area (Å²) in [7, 11) is 3.38. The lowest BCUT2D eigenvalue weighted by molar-refractivity contribution is -0.136. The predicted octanol–water partition coefficient (Wildman–Crippen LogP) is 1.35. The van der Waals surface area contributed by atoms with Gasteiger partial charge in [0.25, 0.3) is 0 Å². The minimum absolute atomic E-state index is 0.0123. The Morgan fingerprint density at radius 1 is 1.45 bits per heavy atom. The van der Waals surface area contributed by atoms with Crippen LogP contribution in [0.4, 0.5) is 0 Å². The molecule has 0 spiro atoms. The van der Waals surface area contributed by atoms with Gasteiger partial charge in [-0.05, 0) is 13.0 Å². The van der Waals surface area contributed by atoms with Crippen molar-refractivity contribution in [3.8, 4) is 5.75 Å². The largest absolute Gasteiger partial charge is 0.496 e. The minimum Gasteiger partial charge on any atom is -0.496 e. The summed E-state index contributed by atoms with van der Waals surface area (Å²) in [5.41, 5.74) is 0.961. The van der Waals surface area contributed by atoms with Gasteiger partial charge in [0.15, 0.2) is 0 Å². The number of methoxy groups -OCH3 is 1. The minimum atomic E-state index is -0.260. The number of hydrogen-bond donors (Lipinski definition) is 1. The molecule has 2 amide bonds. The summed E-state index contributed by atoms with van der Waals surface area (Å²) in [5, 5.41) is 2.70. The first-order valence-electron chi connectivity index (χ1n) is 6.71. The van der Waals surface area contributed by atoms with E-state index in [2.05, 4.69) is 5.32 Å². The van der Waals surface area contributed by atoms with Crippen LogP contribution in [0.3, 0.4) is 0 Å². The molecule has 2 unspecified atom stereocenters. The van der Waals surface area contributed by atoms with Crippen molar-refractivity contribution < 1.29 is 14.3 Å². The van der Waals surface area contributed by atoms with Crippen LogP contribution in [0.2, 0.25) is 0 Å². The van der Waals surface area contributed by atoms with Gasteiger partial charge < -0.3 is 15.0 Å². The van der Waals surface area contributed by atoms with Gasteiger partial charge in [-0.25, -0.2) is 0 Å². The van der Waals surface area contributed by atoms with Crippen molar-refractivity contribution >= 4 is 11.8 Å². The Morgan fingerprint density at radius 3 is 2.75 bits per heavy atom. The van der Waals surface area contributed by atoms with E-state index in [4.69, 9.17) is 4.74 Å². The summed E-state index contributed by atoms with van der Waals surface area (Å²) in [6.45, 7) is 2.39. The van der Waals surface area contributed by atoms with Crippen LogP contribution in [0, 0.1) is 5.92 Å². The molecular weight excluding hydrogens is 256 g/mol. The number of carbonyl (C=O) groups excluding carboxylic acids is 2. The van der Waals surface area contributed by atoms with Crippen LogP contribution in [0.15, 0.2) is 24.3 Å². The molecule has 1 heterocycles. The standard InChI is InChI=1S/C15H20N2O3/c1-10(12-6-4-5-7-13(12)20-3)17(2)15(19)11-8-14(18)16-9-11/h4-7,10-11H,8-9H2,1-3H3,(H,16,18). The van der Waals surface area contributed by atoms with Gasteiger partial charge in [0.05, 0.1) is 19.1 Å². The van der Waals surface area contributed by atoms with Crippen LogP contribution in [-0.4, -0.2) is 37.4 Å². The van der Waals surface area contributed by atoms with E-state index in [-0.39, 0.29) is 30.2 Å². The number of benzene rings is 1. The highest BCUT2D eigenvalue weighted by Crippen LogP contribution is 2.29. The van der Waals surface area contributed by atoms with Crippen molar-refractivity contribution in [1.82, 2.24) is 10.2 Å². The van der Waals surface area contributed by atoms with Gasteiger partial charge in [-0.1, -0.05) is 18.2 Å². The molecular formula is C15H20N2O3. The Labute approximate surface area is 118 Å². The third-order valence-corrected chi connectivity index (χ3v) is 3.84. The Balaban J connectivity index is 2.13. The van der Waals surface area contributed by atoms with Gasteiger partial charge >= 0.3 is 0 Å². The molecule has 2 atom stereocenters. The molecule has 0 radical (unpaired) electrons. The SMILES string of the molecule is COc1ccccc1C(C)N(C)C(=O)C1CNC(=O)C1. The summed E-state index contributed by atoms with van der Waals surface area (Å²) in [4.78, 5) is 25.3. The summed E-state index contributed by atoms with van der Waals surface area (Å²) < 4.78 is 5.33. The van der Waals surface area contributed by atoms with E-state index in [1.807, 2.05) is 31.2 Å². The average molecular weight is 276 g/mol. The molecule has 5 nitrogen and oxygen atoms in total. The predicted molar refractivity (Wildman–Crippen MR) is 75.3 cm³/mol. The molecule has 108 valence electrons. The molecule has 0 aliphatic carbocycles. The average Bonchev–Trinajstić information content (AvgIpc) is 2.91. The van der Waals surface area contributed by atoms with E-state index in [1.54, 1.807) is 19.1 Å². The molecule has 1 N–H and O–H groups in total. The molecule has 1 aromatic rings. The molecule has 0 bridgehead atoms. The van der Waals surface area contributed by atoms with Crippen LogP contribution in [0.25, 0.3) is 0 Å². The van der Waals surface area contributed by atoms with Gasteiger partial charge in [-0.15, -0.1) is 0 Å². The molecule has 2 rings (SSSR count). The van der Waals surface area contributed by atoms with E-state index in [0.717, 1.165) is 11.3 Å². The first-order chi connectivity index (χ1) is 9.54. The molecule has 0 aromatic heterocycles. The van der Waals surface area contributed by atoms with E-state index in [1.165, 1.54) is 0 Å². The van der Waals surface area contributed by atoms with Crippen LogP contribution in [0.1, 0.15) is 24.9 Å². The van der Waals surface area contributed by atoms with Gasteiger partial charge in [0, 0.05) is 25.6 Å². The summed E-state index contributed by atoms with van der Waals surface area (Å²) in [5.74, 6) is 0.438. The maximum atomic E-state index is 12.4. The number of nitrogens with zero attached hydrogens (tertiary/aromatic N) is 1. The molecule has 1 aliphatic rings. The summed E-state index contributed by atoms with van der Waals surface area (Å²) in [6.07, 6.45) is 0.280. The maximum Gasteiger partial charge on any atom is 0.228 e. The molecule has 1 aromatic carbocycles. The molecule has 5 heteroatoms. The van der Waals surface area contributed by atoms with Crippen LogP contribution in [-0.2, 0) is 9.59 Å². The van der Waals surface area contributed by atoms with Crippen LogP contribution < -0.4 is 10.1 Å². The van der Waals surface area contributed by atoms with Crippen molar-refractivity contribution in [3.05, 3.63) is 29.8 Å². The topological polar surface area (TPSA) is 58.6 Å². The lowest BCUT2D eigenvalue weighted by Crippen LogP contribution is -2.36. The molecule has 1 aliphatic heterocycles. The number of rotatable bonds is 4. The Kier molecular flexibility index (Phi) is 4.27. The van der Waals surface area contributed by atoms with Gasteiger partial charge in [-0.3, -0.25) is 9.59 Å². The highest BCUT2D eigenvalue weighted by Gasteiger charge is 2.32. The fourth-order valence-electron chi connectivity index (χ4n) is 2.48. The van der Waals surface area contributed by atoms with Crippen LogP contribution in [0.5, 0.6) is 5.75 Å². The van der Waals surface area contributed by atoms with Crippen molar-refractivity contribution in [2.24, 2.45) is 5.92 Å². The Bertz CT molecular complexity index is 516. The van der Waals surface area contributed by atoms with Gasteiger partial charge in [0.2, 0.25) is 11.8 Å². The number of nitrogens with one attached hydrogen (secondary N) is 1. The van der Waals surface area contributed by atoms with Gasteiger partial charge in [0.1, 0.15) is 5.75 Å². The maximum absolute atomic E-state index is 12.4. The van der Waals surface area contributed by atoms with Crippen molar-refractivity contribution in [2.75, 3.05) is 20.7 Å². The fourth-order valence-corrected chi connectivity index (χ4v) is 2.48. The quantitative estimate of drug-likeness (QED) is 0.903. The smallest absolute Gasteiger partial charge is 0.228 e. The lowest BCUT2D eigenvalue weighted by Gasteiger charge is -2.28. The molecule has 0 saturated carbocycles. The zero-order valence-corrected chi connectivity index (χ0v) is 12.1. The number of carbonyl (C=O) groups is 2. The van der Waals surface area contributed by atoms with Crippen molar-refractivity contribution in [1.29, 1.82) is 0 Å². The molecule has 1 saturated heterocycles. The summed E-state index contributed by atoms with van der Waals surface area (Å²) >= 11 is 0. The number of amides is 2. The lowest BCUT2D eigenvalue weighted by atomic mass is 10.0. The fraction of sp³-hybridized carbons (Fsp3) is 0.467. The normalized spacial score (nSPS) is 19.4. The third-order valence-electron chi connectivity index (χ3n) is 3.84. The Morgan fingerprint density at radius 2 is 2.15 bits per heavy atom. The van der Waals surface area contributed by atoms with Crippen molar-refractivity contribution in [2.45, 2.75) is 19.4 Å². The van der Waals surface area contributed by atoms with E-state index in [0.29, 0.717) is 6.54 Å². The first-order valence-corrected chi connectivity index (χ1v) is 6.71. The summed E-state index contributed by atoms with van der Waals surface area (Å²) in [6, 6.07) is 7.55. The number of ether oxygens (including phenoxy) is 1. The van der Waals surface area contributed by atoms with E-state index < -0.39 is 0 Å². The highest BCUT2D eigenvalue weighted by atomic mass is 16.5. The Hall–Kier alpha value is -2.04. The van der Waals surface area contributed by atoms with E-state index >= 15 is 0 Å². The highest BCUT2D eigenvalue weighted by molar-refractivity contribution is 5.89. The van der Waals surface area contributed by atoms with Gasteiger partial charge in [-0.2, -0.15) is 0 Å². The van der Waals surface area contributed by atoms with Crippen molar-refractivity contribution in [3.63, 3.8) is 0 Å². The second kappa shape index (κ2) is 5.94. The first kappa shape index (κ1) is 14.4. The zero-order valence-electron chi connectivity index (χ0n) is 12.1. The second-order valence-electron chi connectivity index (χ2n) is 5.07. The third kappa shape index (κ3) is 2.76. The monoisotopic (exact) mass is 276 g/mol.